The predicted molar refractivity (Wildman–Crippen MR) is 172 cm³/mol. The van der Waals surface area contributed by atoms with Gasteiger partial charge in [0.1, 0.15) is 0 Å². The molecular formula is C39H40N2O. The van der Waals surface area contributed by atoms with E-state index in [1.807, 2.05) is 18.2 Å². The first-order valence-electron chi connectivity index (χ1n) is 15.7. The Morgan fingerprint density at radius 2 is 1.33 bits per heavy atom. The van der Waals surface area contributed by atoms with Crippen LogP contribution in [-0.2, 0) is 18.4 Å². The number of hydrogen-bond acceptors (Lipinski definition) is 2. The third kappa shape index (κ3) is 5.01. The van der Waals surface area contributed by atoms with Gasteiger partial charge < -0.3 is 4.90 Å². The monoisotopic (exact) mass is 552 g/mol. The van der Waals surface area contributed by atoms with E-state index in [2.05, 4.69) is 107 Å². The summed E-state index contributed by atoms with van der Waals surface area (Å²) in [7, 11) is 0. The summed E-state index contributed by atoms with van der Waals surface area (Å²) in [5.41, 5.74) is 9.30. The lowest BCUT2D eigenvalue weighted by Gasteiger charge is -2.36. The summed E-state index contributed by atoms with van der Waals surface area (Å²) in [6.45, 7) is 3.84. The van der Waals surface area contributed by atoms with Crippen LogP contribution < -0.4 is 0 Å². The van der Waals surface area contributed by atoms with Crippen molar-refractivity contribution in [3.8, 4) is 11.1 Å². The van der Waals surface area contributed by atoms with Crippen LogP contribution in [0.4, 0.5) is 0 Å². The molecule has 0 bridgehead atoms. The maximum Gasteiger partial charge on any atom is 0.254 e. The van der Waals surface area contributed by atoms with Crippen LogP contribution in [0.15, 0.2) is 115 Å². The molecule has 3 heteroatoms. The second-order valence-corrected chi connectivity index (χ2v) is 12.3. The van der Waals surface area contributed by atoms with Gasteiger partial charge in [-0.25, -0.2) is 0 Å². The average molecular weight is 553 g/mol. The lowest BCUT2D eigenvalue weighted by molar-refractivity contribution is 0.0607. The zero-order valence-corrected chi connectivity index (χ0v) is 24.4. The van der Waals surface area contributed by atoms with Crippen LogP contribution in [0.2, 0.25) is 0 Å². The van der Waals surface area contributed by atoms with E-state index >= 15 is 0 Å². The standard InChI is InChI=1S/C39H40N2O/c42-38-33-17-5-4-16-31(33)29-41(38)32-22-27-40(28-23-32)26-11-10-24-39(25-12-15-30-13-2-1-3-14-30)36-20-8-6-18-34(36)35-19-7-9-21-37(35)39/h1-11,13-14,16-21,32H,12,15,22-29H2. The molecule has 0 saturated carbocycles. The summed E-state index contributed by atoms with van der Waals surface area (Å²) < 4.78 is 0. The van der Waals surface area contributed by atoms with Gasteiger partial charge in [0.05, 0.1) is 0 Å². The first-order chi connectivity index (χ1) is 20.7. The molecule has 0 N–H and O–H groups in total. The quantitative estimate of drug-likeness (QED) is 0.196. The molecule has 3 nitrogen and oxygen atoms in total. The Morgan fingerprint density at radius 3 is 2.02 bits per heavy atom. The van der Waals surface area contributed by atoms with Crippen molar-refractivity contribution in [2.24, 2.45) is 0 Å². The SMILES string of the molecule is O=C1c2ccccc2CN1C1CCN(CC=CCC2(CCCc3ccccc3)c3ccccc3-c3ccccc32)CC1. The molecule has 1 amide bonds. The van der Waals surface area contributed by atoms with Gasteiger partial charge in [-0.15, -0.1) is 0 Å². The molecule has 0 spiro atoms. The Balaban J connectivity index is 1.02. The normalized spacial score (nSPS) is 17.9. The molecule has 0 aromatic heterocycles. The zero-order chi connectivity index (χ0) is 28.4. The molecule has 4 aromatic carbocycles. The molecule has 1 saturated heterocycles. The predicted octanol–water partition coefficient (Wildman–Crippen LogP) is 8.04. The minimum Gasteiger partial charge on any atom is -0.331 e. The first-order valence-corrected chi connectivity index (χ1v) is 15.7. The summed E-state index contributed by atoms with van der Waals surface area (Å²) in [4.78, 5) is 17.6. The average Bonchev–Trinajstić information content (AvgIpc) is 3.53. The van der Waals surface area contributed by atoms with Crippen molar-refractivity contribution in [3.05, 3.63) is 143 Å². The minimum absolute atomic E-state index is 0.0105. The third-order valence-corrected chi connectivity index (χ3v) is 9.93. The van der Waals surface area contributed by atoms with Crippen LogP contribution in [0, 0.1) is 0 Å². The molecule has 0 atom stereocenters. The highest BCUT2D eigenvalue weighted by molar-refractivity contribution is 5.98. The third-order valence-electron chi connectivity index (χ3n) is 9.93. The highest BCUT2D eigenvalue weighted by Gasteiger charge is 2.41. The van der Waals surface area contributed by atoms with Crippen molar-refractivity contribution in [2.75, 3.05) is 19.6 Å². The smallest absolute Gasteiger partial charge is 0.254 e. The van der Waals surface area contributed by atoms with Gasteiger partial charge in [0.25, 0.3) is 5.91 Å². The zero-order valence-electron chi connectivity index (χ0n) is 24.4. The molecular weight excluding hydrogens is 512 g/mol. The number of amides is 1. The van der Waals surface area contributed by atoms with Crippen LogP contribution in [0.5, 0.6) is 0 Å². The van der Waals surface area contributed by atoms with Crippen LogP contribution in [-0.4, -0.2) is 41.4 Å². The molecule has 7 rings (SSSR count). The van der Waals surface area contributed by atoms with Gasteiger partial charge in [-0.05, 0) is 78.0 Å². The highest BCUT2D eigenvalue weighted by Crippen LogP contribution is 2.53. The van der Waals surface area contributed by atoms with Crippen LogP contribution in [0.3, 0.4) is 0 Å². The van der Waals surface area contributed by atoms with E-state index < -0.39 is 0 Å². The second kappa shape index (κ2) is 11.7. The van der Waals surface area contributed by atoms with Gasteiger partial charge in [-0.1, -0.05) is 109 Å². The fraction of sp³-hybridized carbons (Fsp3) is 0.308. The van der Waals surface area contributed by atoms with Gasteiger partial charge in [0.2, 0.25) is 0 Å². The van der Waals surface area contributed by atoms with Gasteiger partial charge in [-0.3, -0.25) is 9.69 Å². The molecule has 42 heavy (non-hydrogen) atoms. The fourth-order valence-electron chi connectivity index (χ4n) is 7.74. The summed E-state index contributed by atoms with van der Waals surface area (Å²) in [5.74, 6) is 0.221. The molecule has 4 aromatic rings. The maximum atomic E-state index is 13.0. The Bertz CT molecular complexity index is 1540. The Hall–Kier alpha value is -3.95. The van der Waals surface area contributed by atoms with E-state index in [-0.39, 0.29) is 11.3 Å². The number of allylic oxidation sites excluding steroid dienone is 1. The Morgan fingerprint density at radius 1 is 0.714 bits per heavy atom. The number of aryl methyl sites for hydroxylation is 1. The molecule has 212 valence electrons. The number of rotatable bonds is 9. The molecule has 1 aliphatic carbocycles. The number of hydrogen-bond donors (Lipinski definition) is 0. The molecule has 0 radical (unpaired) electrons. The van der Waals surface area contributed by atoms with Crippen LogP contribution in [0.1, 0.15) is 64.7 Å². The molecule has 1 fully saturated rings. The summed E-state index contributed by atoms with van der Waals surface area (Å²) >= 11 is 0. The fourth-order valence-corrected chi connectivity index (χ4v) is 7.74. The molecule has 2 heterocycles. The largest absolute Gasteiger partial charge is 0.331 e. The van der Waals surface area contributed by atoms with E-state index in [9.17, 15) is 4.79 Å². The number of benzene rings is 4. The second-order valence-electron chi connectivity index (χ2n) is 12.3. The molecule has 2 aliphatic heterocycles. The van der Waals surface area contributed by atoms with Crippen molar-refractivity contribution in [1.29, 1.82) is 0 Å². The minimum atomic E-state index is 0.0105. The van der Waals surface area contributed by atoms with Crippen LogP contribution >= 0.6 is 0 Å². The summed E-state index contributed by atoms with van der Waals surface area (Å²) in [5, 5.41) is 0. The van der Waals surface area contributed by atoms with E-state index in [4.69, 9.17) is 0 Å². The van der Waals surface area contributed by atoms with Crippen molar-refractivity contribution in [1.82, 2.24) is 9.80 Å². The van der Waals surface area contributed by atoms with E-state index in [0.717, 1.165) is 70.3 Å². The highest BCUT2D eigenvalue weighted by atomic mass is 16.2. The number of piperidine rings is 1. The summed E-state index contributed by atoms with van der Waals surface area (Å²) in [6.07, 6.45) is 11.4. The maximum absolute atomic E-state index is 13.0. The number of nitrogens with zero attached hydrogens (tertiary/aromatic N) is 2. The van der Waals surface area contributed by atoms with Crippen molar-refractivity contribution in [3.63, 3.8) is 0 Å². The van der Waals surface area contributed by atoms with E-state index in [1.54, 1.807) is 0 Å². The van der Waals surface area contributed by atoms with Crippen molar-refractivity contribution < 1.29 is 4.79 Å². The van der Waals surface area contributed by atoms with Gasteiger partial charge in [-0.2, -0.15) is 0 Å². The Labute approximate surface area is 250 Å². The first kappa shape index (κ1) is 26.9. The van der Waals surface area contributed by atoms with Crippen LogP contribution in [0.25, 0.3) is 11.1 Å². The van der Waals surface area contributed by atoms with Gasteiger partial charge in [0.15, 0.2) is 0 Å². The van der Waals surface area contributed by atoms with E-state index in [0.29, 0.717) is 6.04 Å². The number of carbonyl (C=O) groups is 1. The van der Waals surface area contributed by atoms with Crippen molar-refractivity contribution >= 4 is 5.91 Å². The number of likely N-dealkylation sites (tertiary alicyclic amines) is 1. The van der Waals surface area contributed by atoms with Gasteiger partial charge >= 0.3 is 0 Å². The Kier molecular flexibility index (Phi) is 7.52. The lowest BCUT2D eigenvalue weighted by atomic mass is 9.71. The van der Waals surface area contributed by atoms with E-state index in [1.165, 1.54) is 33.4 Å². The summed E-state index contributed by atoms with van der Waals surface area (Å²) in [6, 6.07) is 37.5. The van der Waals surface area contributed by atoms with Crippen molar-refractivity contribution in [2.45, 2.75) is 56.5 Å². The number of fused-ring (bicyclic) bond motifs is 4. The lowest BCUT2D eigenvalue weighted by Crippen LogP contribution is -2.45. The molecule has 0 unspecified atom stereocenters. The topological polar surface area (TPSA) is 23.6 Å². The number of carbonyl (C=O) groups excluding carboxylic acids is 1. The van der Waals surface area contributed by atoms with Gasteiger partial charge in [0, 0.05) is 43.2 Å². The molecule has 3 aliphatic rings.